The maximum atomic E-state index is 10.8. The Labute approximate surface area is 76.7 Å². The summed E-state index contributed by atoms with van der Waals surface area (Å²) in [5, 5.41) is 8.86. The van der Waals surface area contributed by atoms with Gasteiger partial charge in [-0.1, -0.05) is 6.92 Å². The molecule has 1 unspecified atom stereocenters. The molecule has 0 fully saturated rings. The zero-order valence-electron chi connectivity index (χ0n) is 7.65. The number of hydrogen-bond acceptors (Lipinski definition) is 3. The van der Waals surface area contributed by atoms with Gasteiger partial charge in [-0.2, -0.15) is 0 Å². The van der Waals surface area contributed by atoms with Crippen LogP contribution in [-0.4, -0.2) is 18.2 Å². The van der Waals surface area contributed by atoms with E-state index in [2.05, 4.69) is 0 Å². The zero-order chi connectivity index (χ0) is 10.0. The number of nitrogens with two attached hydrogens (primary N) is 1. The van der Waals surface area contributed by atoms with Crippen LogP contribution in [0.2, 0.25) is 0 Å². The van der Waals surface area contributed by atoms with Crippen LogP contribution in [0, 0.1) is 11.8 Å². The number of methoxy groups -OCH3 is 1. The van der Waals surface area contributed by atoms with E-state index in [9.17, 15) is 4.79 Å². The molecule has 1 aliphatic carbocycles. The lowest BCUT2D eigenvalue weighted by molar-refractivity contribution is -0.141. The third kappa shape index (κ3) is 1.83. The fraction of sp³-hybridized carbons (Fsp3) is 0.444. The first-order chi connectivity index (χ1) is 6.06. The highest BCUT2D eigenvalue weighted by Crippen LogP contribution is 2.26. The van der Waals surface area contributed by atoms with Crippen molar-refractivity contribution in [3.05, 3.63) is 23.6 Å². The maximum absolute atomic E-state index is 10.8. The van der Waals surface area contributed by atoms with Gasteiger partial charge in [-0.15, -0.1) is 0 Å². The van der Waals surface area contributed by atoms with Crippen LogP contribution in [0.3, 0.4) is 0 Å². The van der Waals surface area contributed by atoms with Crippen molar-refractivity contribution in [2.75, 3.05) is 7.11 Å². The molecule has 0 aliphatic heterocycles. The van der Waals surface area contributed by atoms with Crippen molar-refractivity contribution >= 4 is 5.97 Å². The van der Waals surface area contributed by atoms with E-state index in [0.717, 1.165) is 0 Å². The largest absolute Gasteiger partial charge is 0.497 e. The summed E-state index contributed by atoms with van der Waals surface area (Å²) in [6.07, 6.45) is 3.23. The van der Waals surface area contributed by atoms with Crippen LogP contribution in [-0.2, 0) is 9.53 Å². The molecule has 72 valence electrons. The number of ether oxygens (including phenoxy) is 1. The van der Waals surface area contributed by atoms with Crippen molar-refractivity contribution in [1.29, 1.82) is 0 Å². The van der Waals surface area contributed by atoms with E-state index in [1.807, 2.05) is 0 Å². The topological polar surface area (TPSA) is 72.5 Å². The van der Waals surface area contributed by atoms with Crippen LogP contribution in [0.15, 0.2) is 23.6 Å². The Kier molecular flexibility index (Phi) is 2.60. The number of aliphatic carboxylic acids is 1. The summed E-state index contributed by atoms with van der Waals surface area (Å²) >= 11 is 0. The minimum absolute atomic E-state index is 0.170. The van der Waals surface area contributed by atoms with Gasteiger partial charge < -0.3 is 15.6 Å². The molecule has 1 aliphatic rings. The second-order valence-electron chi connectivity index (χ2n) is 3.07. The van der Waals surface area contributed by atoms with Gasteiger partial charge in [-0.3, -0.25) is 4.79 Å². The molecule has 0 bridgehead atoms. The van der Waals surface area contributed by atoms with Gasteiger partial charge >= 0.3 is 5.97 Å². The highest BCUT2D eigenvalue weighted by Gasteiger charge is 2.28. The lowest BCUT2D eigenvalue weighted by Gasteiger charge is -2.22. The number of allylic oxidation sites excluding steroid dienone is 2. The third-order valence-electron chi connectivity index (χ3n) is 2.24. The molecule has 2 atom stereocenters. The van der Waals surface area contributed by atoms with Gasteiger partial charge in [0.15, 0.2) is 0 Å². The fourth-order valence-electron chi connectivity index (χ4n) is 1.28. The predicted molar refractivity (Wildman–Crippen MR) is 47.7 cm³/mol. The molecule has 0 amide bonds. The van der Waals surface area contributed by atoms with Gasteiger partial charge in [0.2, 0.25) is 0 Å². The highest BCUT2D eigenvalue weighted by atomic mass is 16.5. The quantitative estimate of drug-likeness (QED) is 0.661. The summed E-state index contributed by atoms with van der Waals surface area (Å²) in [6.45, 7) is 1.79. The monoisotopic (exact) mass is 183 g/mol. The van der Waals surface area contributed by atoms with Gasteiger partial charge in [-0.05, 0) is 12.2 Å². The van der Waals surface area contributed by atoms with E-state index in [1.54, 1.807) is 19.1 Å². The molecule has 1 rings (SSSR count). The molecule has 3 N–H and O–H groups in total. The minimum atomic E-state index is -0.877. The van der Waals surface area contributed by atoms with Crippen molar-refractivity contribution < 1.29 is 14.6 Å². The van der Waals surface area contributed by atoms with Crippen LogP contribution in [0.5, 0.6) is 0 Å². The van der Waals surface area contributed by atoms with E-state index in [1.165, 1.54) is 7.11 Å². The van der Waals surface area contributed by atoms with Crippen LogP contribution >= 0.6 is 0 Å². The Balaban J connectivity index is 2.95. The molecule has 4 heteroatoms. The molecule has 0 aromatic carbocycles. The Hall–Kier alpha value is -1.45. The van der Waals surface area contributed by atoms with E-state index in [-0.39, 0.29) is 5.92 Å². The maximum Gasteiger partial charge on any atom is 0.311 e. The molecule has 0 saturated heterocycles. The van der Waals surface area contributed by atoms with Crippen LogP contribution in [0.1, 0.15) is 6.92 Å². The van der Waals surface area contributed by atoms with Crippen molar-refractivity contribution in [2.45, 2.75) is 6.92 Å². The Morgan fingerprint density at radius 3 is 2.77 bits per heavy atom. The lowest BCUT2D eigenvalue weighted by Crippen LogP contribution is -2.27. The van der Waals surface area contributed by atoms with E-state index in [0.29, 0.717) is 11.5 Å². The second-order valence-corrected chi connectivity index (χ2v) is 3.07. The number of carboxylic acid groups (broad SMARTS) is 1. The van der Waals surface area contributed by atoms with Crippen molar-refractivity contribution in [3.8, 4) is 0 Å². The molecule has 0 heterocycles. The fourth-order valence-corrected chi connectivity index (χ4v) is 1.28. The van der Waals surface area contributed by atoms with Gasteiger partial charge in [0.1, 0.15) is 5.76 Å². The molecular weight excluding hydrogens is 170 g/mol. The number of rotatable bonds is 2. The highest BCUT2D eigenvalue weighted by molar-refractivity contribution is 5.73. The minimum Gasteiger partial charge on any atom is -0.497 e. The van der Waals surface area contributed by atoms with E-state index < -0.39 is 11.9 Å². The first kappa shape index (κ1) is 9.64. The van der Waals surface area contributed by atoms with Gasteiger partial charge in [0, 0.05) is 11.6 Å². The molecule has 0 spiro atoms. The summed E-state index contributed by atoms with van der Waals surface area (Å²) in [5.74, 6) is -1.11. The average molecular weight is 183 g/mol. The Bertz CT molecular complexity index is 281. The third-order valence-corrected chi connectivity index (χ3v) is 2.24. The number of carboxylic acids is 1. The summed E-state index contributed by atoms with van der Waals surface area (Å²) in [6, 6.07) is 0. The Morgan fingerprint density at radius 1 is 1.69 bits per heavy atom. The first-order valence-electron chi connectivity index (χ1n) is 4.02. The SMILES string of the molecule is COC1=CC(C(=O)O)[C@H](C)C(N)=C1. The van der Waals surface area contributed by atoms with Crippen molar-refractivity contribution in [2.24, 2.45) is 17.6 Å². The molecule has 0 aromatic rings. The number of hydrogen-bond donors (Lipinski definition) is 2. The van der Waals surface area contributed by atoms with Crippen LogP contribution < -0.4 is 5.73 Å². The summed E-state index contributed by atoms with van der Waals surface area (Å²) < 4.78 is 4.93. The first-order valence-corrected chi connectivity index (χ1v) is 4.02. The Morgan fingerprint density at radius 2 is 2.31 bits per heavy atom. The normalized spacial score (nSPS) is 27.5. The zero-order valence-corrected chi connectivity index (χ0v) is 7.65. The molecule has 0 saturated carbocycles. The van der Waals surface area contributed by atoms with Crippen LogP contribution in [0.25, 0.3) is 0 Å². The smallest absolute Gasteiger partial charge is 0.311 e. The van der Waals surface area contributed by atoms with Crippen LogP contribution in [0.4, 0.5) is 0 Å². The lowest BCUT2D eigenvalue weighted by atomic mass is 9.87. The predicted octanol–water partition coefficient (Wildman–Crippen LogP) is 0.710. The summed E-state index contributed by atoms with van der Waals surface area (Å²) in [5.41, 5.74) is 6.20. The molecular formula is C9H13NO3. The molecule has 0 radical (unpaired) electrons. The molecule has 13 heavy (non-hydrogen) atoms. The summed E-state index contributed by atoms with van der Waals surface area (Å²) in [4.78, 5) is 10.8. The van der Waals surface area contributed by atoms with Gasteiger partial charge in [0.25, 0.3) is 0 Å². The molecule has 4 nitrogen and oxygen atoms in total. The average Bonchev–Trinajstić information content (AvgIpc) is 2.09. The van der Waals surface area contributed by atoms with Crippen molar-refractivity contribution in [1.82, 2.24) is 0 Å². The van der Waals surface area contributed by atoms with Crippen molar-refractivity contribution in [3.63, 3.8) is 0 Å². The summed E-state index contributed by atoms with van der Waals surface area (Å²) in [7, 11) is 1.49. The van der Waals surface area contributed by atoms with Gasteiger partial charge in [-0.25, -0.2) is 0 Å². The second kappa shape index (κ2) is 3.51. The molecule has 0 aromatic heterocycles. The standard InChI is InChI=1S/C9H13NO3/c1-5-7(9(11)12)3-6(13-2)4-8(5)10/h3-5,7H,10H2,1-2H3,(H,11,12)/t5-,7?/m0/s1. The van der Waals surface area contributed by atoms with Gasteiger partial charge in [0.05, 0.1) is 13.0 Å². The number of carbonyl (C=O) groups is 1. The van der Waals surface area contributed by atoms with E-state index in [4.69, 9.17) is 15.6 Å². The van der Waals surface area contributed by atoms with E-state index >= 15 is 0 Å².